The molecule has 1 saturated heterocycles. The van der Waals surface area contributed by atoms with Gasteiger partial charge in [-0.2, -0.15) is 0 Å². The van der Waals surface area contributed by atoms with Gasteiger partial charge in [0.2, 0.25) is 15.9 Å². The molecule has 0 atom stereocenters. The van der Waals surface area contributed by atoms with Gasteiger partial charge in [-0.3, -0.25) is 9.59 Å². The van der Waals surface area contributed by atoms with E-state index in [2.05, 4.69) is 5.32 Å². The van der Waals surface area contributed by atoms with E-state index in [0.29, 0.717) is 22.7 Å². The summed E-state index contributed by atoms with van der Waals surface area (Å²) in [5, 5.41) is 2.77. The fraction of sp³-hybridized carbons (Fsp3) is 0.0909. The van der Waals surface area contributed by atoms with Crippen molar-refractivity contribution in [3.05, 3.63) is 84.4 Å². The van der Waals surface area contributed by atoms with Crippen LogP contribution in [0.15, 0.2) is 78.9 Å². The van der Waals surface area contributed by atoms with Crippen molar-refractivity contribution < 1.29 is 22.7 Å². The van der Waals surface area contributed by atoms with Crippen LogP contribution >= 0.6 is 0 Å². The Labute approximate surface area is 174 Å². The van der Waals surface area contributed by atoms with Crippen molar-refractivity contribution in [2.24, 2.45) is 0 Å². The number of sulfonamides is 1. The van der Waals surface area contributed by atoms with Gasteiger partial charge in [-0.1, -0.05) is 18.2 Å². The second-order valence-electron chi connectivity index (χ2n) is 6.66. The van der Waals surface area contributed by atoms with Gasteiger partial charge >= 0.3 is 0 Å². The molecule has 4 rings (SSSR count). The number of benzene rings is 3. The van der Waals surface area contributed by atoms with Gasteiger partial charge in [-0.05, 0) is 60.7 Å². The number of ether oxygens (including phenoxy) is 1. The summed E-state index contributed by atoms with van der Waals surface area (Å²) in [4.78, 5) is 24.3. The predicted molar refractivity (Wildman–Crippen MR) is 113 cm³/mol. The molecule has 3 aromatic rings. The number of rotatable bonds is 5. The standard InChI is InChI=1S/C22H18N2O5S/c25-21-14-15-30(27,28)24(21)18-10-6-16(7-11-18)22(26)23-17-8-12-20(13-9-17)29-19-4-2-1-3-5-19/h1-13H,14-15H2,(H,23,26). The van der Waals surface area contributed by atoms with Crippen molar-refractivity contribution in [1.82, 2.24) is 0 Å². The number of para-hydroxylation sites is 1. The van der Waals surface area contributed by atoms with Crippen LogP contribution in [0.2, 0.25) is 0 Å². The summed E-state index contributed by atoms with van der Waals surface area (Å²) in [6.45, 7) is 0. The lowest BCUT2D eigenvalue weighted by Gasteiger charge is -2.15. The first-order valence-corrected chi connectivity index (χ1v) is 10.8. The molecule has 0 saturated carbocycles. The minimum atomic E-state index is -3.63. The summed E-state index contributed by atoms with van der Waals surface area (Å²) in [5.74, 6) is 0.338. The van der Waals surface area contributed by atoms with E-state index in [1.54, 1.807) is 24.3 Å². The van der Waals surface area contributed by atoms with Crippen molar-refractivity contribution in [2.45, 2.75) is 6.42 Å². The molecular formula is C22H18N2O5S. The predicted octanol–water partition coefficient (Wildman–Crippen LogP) is 3.80. The Morgan fingerprint density at radius 2 is 1.50 bits per heavy atom. The lowest BCUT2D eigenvalue weighted by Crippen LogP contribution is -2.29. The molecule has 0 aliphatic carbocycles. The minimum Gasteiger partial charge on any atom is -0.457 e. The first-order valence-electron chi connectivity index (χ1n) is 9.23. The zero-order chi connectivity index (χ0) is 21.1. The van der Waals surface area contributed by atoms with Crippen LogP contribution in [-0.4, -0.2) is 26.0 Å². The molecule has 1 fully saturated rings. The Bertz CT molecular complexity index is 1170. The van der Waals surface area contributed by atoms with Crippen LogP contribution in [0.1, 0.15) is 16.8 Å². The summed E-state index contributed by atoms with van der Waals surface area (Å²) >= 11 is 0. The maximum atomic E-state index is 12.5. The molecule has 1 aliphatic rings. The second kappa shape index (κ2) is 8.00. The molecule has 0 bridgehead atoms. The molecule has 152 valence electrons. The number of nitrogens with zero attached hydrogens (tertiary/aromatic N) is 1. The normalized spacial score (nSPS) is 15.1. The molecule has 1 aliphatic heterocycles. The maximum Gasteiger partial charge on any atom is 0.255 e. The van der Waals surface area contributed by atoms with E-state index in [-0.39, 0.29) is 23.8 Å². The average molecular weight is 422 g/mol. The number of carbonyl (C=O) groups is 2. The Morgan fingerprint density at radius 1 is 0.867 bits per heavy atom. The number of carbonyl (C=O) groups excluding carboxylic acids is 2. The molecule has 8 heteroatoms. The number of hydrogen-bond donors (Lipinski definition) is 1. The monoisotopic (exact) mass is 422 g/mol. The SMILES string of the molecule is O=C(Nc1ccc(Oc2ccccc2)cc1)c1ccc(N2C(=O)CCS2(=O)=O)cc1. The van der Waals surface area contributed by atoms with Crippen molar-refractivity contribution in [3.8, 4) is 11.5 Å². The molecule has 7 nitrogen and oxygen atoms in total. The number of hydrogen-bond acceptors (Lipinski definition) is 5. The highest BCUT2D eigenvalue weighted by molar-refractivity contribution is 7.94. The molecule has 0 radical (unpaired) electrons. The molecule has 3 aromatic carbocycles. The fourth-order valence-corrected chi connectivity index (χ4v) is 4.51. The molecule has 0 aromatic heterocycles. The highest BCUT2D eigenvalue weighted by Gasteiger charge is 2.36. The first kappa shape index (κ1) is 19.7. The maximum absolute atomic E-state index is 12.5. The number of amides is 2. The third-order valence-electron chi connectivity index (χ3n) is 4.53. The largest absolute Gasteiger partial charge is 0.457 e. The van der Waals surface area contributed by atoms with Crippen LogP contribution in [0, 0.1) is 0 Å². The van der Waals surface area contributed by atoms with Crippen LogP contribution in [0.3, 0.4) is 0 Å². The number of nitrogens with one attached hydrogen (secondary N) is 1. The van der Waals surface area contributed by atoms with Gasteiger partial charge in [0.05, 0.1) is 11.4 Å². The van der Waals surface area contributed by atoms with Crippen LogP contribution in [0.4, 0.5) is 11.4 Å². The summed E-state index contributed by atoms with van der Waals surface area (Å²) in [7, 11) is -3.63. The summed E-state index contributed by atoms with van der Waals surface area (Å²) in [6.07, 6.45) is -0.0332. The summed E-state index contributed by atoms with van der Waals surface area (Å²) in [6, 6.07) is 22.2. The topological polar surface area (TPSA) is 92.8 Å². The number of anilines is 2. The zero-order valence-electron chi connectivity index (χ0n) is 15.8. The molecule has 1 heterocycles. The zero-order valence-corrected chi connectivity index (χ0v) is 16.6. The third-order valence-corrected chi connectivity index (χ3v) is 6.22. The molecule has 0 spiro atoms. The van der Waals surface area contributed by atoms with Gasteiger partial charge in [0, 0.05) is 17.7 Å². The molecule has 1 N–H and O–H groups in total. The van der Waals surface area contributed by atoms with E-state index >= 15 is 0 Å². The van der Waals surface area contributed by atoms with Crippen molar-refractivity contribution in [1.29, 1.82) is 0 Å². The highest BCUT2D eigenvalue weighted by Crippen LogP contribution is 2.26. The smallest absolute Gasteiger partial charge is 0.255 e. The van der Waals surface area contributed by atoms with E-state index in [9.17, 15) is 18.0 Å². The van der Waals surface area contributed by atoms with E-state index in [0.717, 1.165) is 4.31 Å². The van der Waals surface area contributed by atoms with Gasteiger partial charge < -0.3 is 10.1 Å². The van der Waals surface area contributed by atoms with Crippen LogP contribution < -0.4 is 14.4 Å². The van der Waals surface area contributed by atoms with Crippen LogP contribution in [-0.2, 0) is 14.8 Å². The molecular weight excluding hydrogens is 404 g/mol. The van der Waals surface area contributed by atoms with E-state index in [4.69, 9.17) is 4.74 Å². The lowest BCUT2D eigenvalue weighted by atomic mass is 10.2. The average Bonchev–Trinajstić information content (AvgIpc) is 3.02. The Hall–Kier alpha value is -3.65. The minimum absolute atomic E-state index is 0.0332. The van der Waals surface area contributed by atoms with Crippen LogP contribution in [0.25, 0.3) is 0 Å². The van der Waals surface area contributed by atoms with Gasteiger partial charge in [-0.15, -0.1) is 0 Å². The van der Waals surface area contributed by atoms with E-state index < -0.39 is 15.9 Å². The Morgan fingerprint density at radius 3 is 2.10 bits per heavy atom. The van der Waals surface area contributed by atoms with Crippen LogP contribution in [0.5, 0.6) is 11.5 Å². The molecule has 30 heavy (non-hydrogen) atoms. The van der Waals surface area contributed by atoms with Crippen molar-refractivity contribution in [2.75, 3.05) is 15.4 Å². The summed E-state index contributed by atoms with van der Waals surface area (Å²) < 4.78 is 30.5. The summed E-state index contributed by atoms with van der Waals surface area (Å²) in [5.41, 5.74) is 1.16. The third kappa shape index (κ3) is 4.18. The fourth-order valence-electron chi connectivity index (χ4n) is 3.05. The molecule has 0 unspecified atom stereocenters. The van der Waals surface area contributed by atoms with E-state index in [1.807, 2.05) is 30.3 Å². The van der Waals surface area contributed by atoms with Gasteiger partial charge in [-0.25, -0.2) is 12.7 Å². The lowest BCUT2D eigenvalue weighted by molar-refractivity contribution is -0.116. The second-order valence-corrected chi connectivity index (χ2v) is 8.60. The quantitative estimate of drug-likeness (QED) is 0.675. The first-order chi connectivity index (χ1) is 14.4. The Kier molecular flexibility index (Phi) is 5.24. The Balaban J connectivity index is 1.42. The van der Waals surface area contributed by atoms with E-state index in [1.165, 1.54) is 24.3 Å². The highest BCUT2D eigenvalue weighted by atomic mass is 32.2. The van der Waals surface area contributed by atoms with Gasteiger partial charge in [0.1, 0.15) is 11.5 Å². The van der Waals surface area contributed by atoms with Gasteiger partial charge in [0.25, 0.3) is 5.91 Å². The van der Waals surface area contributed by atoms with Crippen molar-refractivity contribution >= 4 is 33.2 Å². The molecule has 2 amide bonds. The van der Waals surface area contributed by atoms with Gasteiger partial charge in [0.15, 0.2) is 0 Å². The van der Waals surface area contributed by atoms with Crippen molar-refractivity contribution in [3.63, 3.8) is 0 Å².